The number of amides is 1. The Morgan fingerprint density at radius 2 is 1.76 bits per heavy atom. The Hall–Kier alpha value is -4.23. The van der Waals surface area contributed by atoms with Gasteiger partial charge in [-0.1, -0.05) is 66.2 Å². The first-order chi connectivity index (χ1) is 16.5. The number of rotatable bonds is 5. The van der Waals surface area contributed by atoms with Crippen molar-refractivity contribution in [2.24, 2.45) is 0 Å². The summed E-state index contributed by atoms with van der Waals surface area (Å²) in [5.74, 6) is -0.0655. The van der Waals surface area contributed by atoms with Gasteiger partial charge in [0.1, 0.15) is 11.9 Å². The number of anilines is 2. The molecule has 168 valence electrons. The standard InChI is InChI=1S/C26H19ClFN5O/c27-20-11-9-19(10-12-20)23-16-22(18-4-2-1-3-5-18)29-26-31-25(32-33(23)26)30-24(34)15-8-17-6-13-21(28)14-7-17/h1-16,23H,(H2,29,30,31,32,34). The molecule has 2 N–H and O–H groups in total. The molecule has 1 aliphatic heterocycles. The summed E-state index contributed by atoms with van der Waals surface area (Å²) in [6, 6.07) is 23.0. The van der Waals surface area contributed by atoms with E-state index in [1.54, 1.807) is 22.9 Å². The first-order valence-corrected chi connectivity index (χ1v) is 10.9. The number of allylic oxidation sites excluding steroid dienone is 1. The average molecular weight is 472 g/mol. The Labute approximate surface area is 200 Å². The molecule has 0 fully saturated rings. The van der Waals surface area contributed by atoms with Gasteiger partial charge in [0.25, 0.3) is 11.9 Å². The molecular formula is C26H19ClFN5O. The molecule has 1 unspecified atom stereocenters. The summed E-state index contributed by atoms with van der Waals surface area (Å²) in [5.41, 5.74) is 3.56. The minimum Gasteiger partial charge on any atom is -0.324 e. The maximum Gasteiger partial charge on any atom is 0.250 e. The van der Waals surface area contributed by atoms with E-state index in [1.807, 2.05) is 54.6 Å². The molecule has 4 aromatic rings. The van der Waals surface area contributed by atoms with Gasteiger partial charge < -0.3 is 5.32 Å². The molecule has 6 nitrogen and oxygen atoms in total. The number of carbonyl (C=O) groups excluding carboxylic acids is 1. The molecule has 5 rings (SSSR count). The third-order valence-corrected chi connectivity index (χ3v) is 5.55. The number of aromatic nitrogens is 3. The van der Waals surface area contributed by atoms with E-state index in [9.17, 15) is 9.18 Å². The van der Waals surface area contributed by atoms with Gasteiger partial charge in [-0.3, -0.25) is 10.1 Å². The van der Waals surface area contributed by atoms with Crippen LogP contribution in [0.3, 0.4) is 0 Å². The van der Waals surface area contributed by atoms with E-state index < -0.39 is 5.91 Å². The first kappa shape index (κ1) is 21.6. The molecule has 34 heavy (non-hydrogen) atoms. The fourth-order valence-corrected chi connectivity index (χ4v) is 3.75. The fourth-order valence-electron chi connectivity index (χ4n) is 3.63. The van der Waals surface area contributed by atoms with Crippen LogP contribution < -0.4 is 10.6 Å². The molecule has 0 radical (unpaired) electrons. The molecule has 0 aliphatic carbocycles. The summed E-state index contributed by atoms with van der Waals surface area (Å²) in [7, 11) is 0. The van der Waals surface area contributed by atoms with Gasteiger partial charge in [0.15, 0.2) is 0 Å². The van der Waals surface area contributed by atoms with Crippen LogP contribution in [0.4, 0.5) is 16.3 Å². The van der Waals surface area contributed by atoms with Crippen molar-refractivity contribution < 1.29 is 9.18 Å². The second-order valence-corrected chi connectivity index (χ2v) is 8.08. The highest BCUT2D eigenvalue weighted by Gasteiger charge is 2.25. The van der Waals surface area contributed by atoms with Crippen LogP contribution in [-0.4, -0.2) is 20.7 Å². The van der Waals surface area contributed by atoms with Crippen molar-refractivity contribution in [3.05, 3.63) is 119 Å². The van der Waals surface area contributed by atoms with Gasteiger partial charge in [0, 0.05) is 16.8 Å². The van der Waals surface area contributed by atoms with Crippen LogP contribution in [0, 0.1) is 5.82 Å². The zero-order valence-electron chi connectivity index (χ0n) is 17.8. The van der Waals surface area contributed by atoms with Crippen LogP contribution >= 0.6 is 11.6 Å². The maximum atomic E-state index is 13.1. The van der Waals surface area contributed by atoms with Crippen molar-refractivity contribution in [2.45, 2.75) is 6.04 Å². The summed E-state index contributed by atoms with van der Waals surface area (Å²) in [5, 5.41) is 11.1. The minimum absolute atomic E-state index is 0.165. The number of fused-ring (bicyclic) bond motifs is 1. The normalized spacial score (nSPS) is 14.9. The van der Waals surface area contributed by atoms with E-state index in [0.717, 1.165) is 16.8 Å². The second kappa shape index (κ2) is 9.33. The molecule has 1 aliphatic rings. The Bertz CT molecular complexity index is 1380. The lowest BCUT2D eigenvalue weighted by Crippen LogP contribution is -2.20. The van der Waals surface area contributed by atoms with Crippen LogP contribution in [0.15, 0.2) is 91.0 Å². The largest absolute Gasteiger partial charge is 0.324 e. The summed E-state index contributed by atoms with van der Waals surface area (Å²) in [4.78, 5) is 16.9. The molecule has 3 aromatic carbocycles. The molecule has 1 aromatic heterocycles. The van der Waals surface area contributed by atoms with Crippen LogP contribution in [0.2, 0.25) is 5.02 Å². The van der Waals surface area contributed by atoms with Gasteiger partial charge in [-0.15, -0.1) is 5.10 Å². The van der Waals surface area contributed by atoms with Gasteiger partial charge in [-0.2, -0.15) is 4.98 Å². The highest BCUT2D eigenvalue weighted by molar-refractivity contribution is 6.30. The lowest BCUT2D eigenvalue weighted by atomic mass is 10.0. The first-order valence-electron chi connectivity index (χ1n) is 10.6. The highest BCUT2D eigenvalue weighted by atomic mass is 35.5. The highest BCUT2D eigenvalue weighted by Crippen LogP contribution is 2.33. The van der Waals surface area contributed by atoms with E-state index in [2.05, 4.69) is 26.8 Å². The molecule has 0 bridgehead atoms. The summed E-state index contributed by atoms with van der Waals surface area (Å²) in [6.45, 7) is 0. The number of nitrogens with one attached hydrogen (secondary N) is 2. The Morgan fingerprint density at radius 3 is 2.50 bits per heavy atom. The van der Waals surface area contributed by atoms with Crippen LogP contribution in [0.25, 0.3) is 11.8 Å². The zero-order valence-corrected chi connectivity index (χ0v) is 18.6. The van der Waals surface area contributed by atoms with E-state index in [4.69, 9.17) is 11.6 Å². The number of halogens is 2. The average Bonchev–Trinajstić information content (AvgIpc) is 3.26. The Kier molecular flexibility index (Phi) is 5.93. The van der Waals surface area contributed by atoms with Crippen LogP contribution in [-0.2, 0) is 4.79 Å². The third kappa shape index (κ3) is 4.74. The van der Waals surface area contributed by atoms with E-state index in [0.29, 0.717) is 16.5 Å². The predicted molar refractivity (Wildman–Crippen MR) is 132 cm³/mol. The van der Waals surface area contributed by atoms with Crippen molar-refractivity contribution >= 4 is 41.2 Å². The molecule has 1 amide bonds. The molecule has 0 spiro atoms. The quantitative estimate of drug-likeness (QED) is 0.362. The van der Waals surface area contributed by atoms with Gasteiger partial charge in [0.2, 0.25) is 5.95 Å². The summed E-state index contributed by atoms with van der Waals surface area (Å²) >= 11 is 6.08. The van der Waals surface area contributed by atoms with E-state index >= 15 is 0 Å². The van der Waals surface area contributed by atoms with Crippen molar-refractivity contribution in [3.63, 3.8) is 0 Å². The predicted octanol–water partition coefficient (Wildman–Crippen LogP) is 5.78. The summed E-state index contributed by atoms with van der Waals surface area (Å²) in [6.07, 6.45) is 5.00. The topological polar surface area (TPSA) is 71.8 Å². The lowest BCUT2D eigenvalue weighted by Gasteiger charge is -2.24. The lowest BCUT2D eigenvalue weighted by molar-refractivity contribution is -0.111. The van der Waals surface area contributed by atoms with E-state index in [-0.39, 0.29) is 17.8 Å². The van der Waals surface area contributed by atoms with Crippen LogP contribution in [0.1, 0.15) is 22.7 Å². The third-order valence-electron chi connectivity index (χ3n) is 5.29. The number of hydrogen-bond acceptors (Lipinski definition) is 4. The number of nitrogens with zero attached hydrogens (tertiary/aromatic N) is 3. The monoisotopic (exact) mass is 471 g/mol. The fraction of sp³-hybridized carbons (Fsp3) is 0.0385. The zero-order chi connectivity index (χ0) is 23.5. The van der Waals surface area contributed by atoms with Gasteiger partial charge in [-0.25, -0.2) is 9.07 Å². The molecule has 0 saturated carbocycles. The van der Waals surface area contributed by atoms with Crippen molar-refractivity contribution in [1.82, 2.24) is 14.8 Å². The minimum atomic E-state index is -0.397. The summed E-state index contributed by atoms with van der Waals surface area (Å²) < 4.78 is 14.8. The van der Waals surface area contributed by atoms with E-state index in [1.165, 1.54) is 18.2 Å². The van der Waals surface area contributed by atoms with Gasteiger partial charge >= 0.3 is 0 Å². The molecular weight excluding hydrogens is 453 g/mol. The van der Waals surface area contributed by atoms with Gasteiger partial charge in [-0.05, 0) is 53.1 Å². The molecule has 0 saturated heterocycles. The maximum absolute atomic E-state index is 13.1. The van der Waals surface area contributed by atoms with Crippen molar-refractivity contribution in [3.8, 4) is 0 Å². The Morgan fingerprint density at radius 1 is 1.03 bits per heavy atom. The van der Waals surface area contributed by atoms with Crippen molar-refractivity contribution in [2.75, 3.05) is 10.6 Å². The number of carbonyl (C=O) groups is 1. The SMILES string of the molecule is O=C(C=Cc1ccc(F)cc1)Nc1nc2n(n1)C(c1ccc(Cl)cc1)C=C(c1ccccc1)N2. The molecule has 8 heteroatoms. The molecule has 1 atom stereocenters. The Balaban J connectivity index is 1.42. The smallest absolute Gasteiger partial charge is 0.250 e. The number of benzene rings is 3. The molecule has 2 heterocycles. The van der Waals surface area contributed by atoms with Gasteiger partial charge in [0.05, 0.1) is 0 Å². The van der Waals surface area contributed by atoms with Crippen molar-refractivity contribution in [1.29, 1.82) is 0 Å². The second-order valence-electron chi connectivity index (χ2n) is 7.65. The van der Waals surface area contributed by atoms with Crippen LogP contribution in [0.5, 0.6) is 0 Å². The number of hydrogen-bond donors (Lipinski definition) is 2.